The van der Waals surface area contributed by atoms with Crippen LogP contribution in [0.1, 0.15) is 62.3 Å². The second-order valence-corrected chi connectivity index (χ2v) is 19.7. The van der Waals surface area contributed by atoms with Crippen molar-refractivity contribution in [3.05, 3.63) is 84.9 Å². The summed E-state index contributed by atoms with van der Waals surface area (Å²) >= 11 is 0. The number of fused-ring (bicyclic) bond motifs is 2. The highest BCUT2D eigenvalue weighted by Gasteiger charge is 2.33. The first-order valence-electron chi connectivity index (χ1n) is 22.6. The van der Waals surface area contributed by atoms with Crippen LogP contribution in [0.5, 0.6) is 11.5 Å². The number of carbonyl (C=O) groups is 5. The van der Waals surface area contributed by atoms with E-state index in [4.69, 9.17) is 28.8 Å². The Hall–Kier alpha value is -6.33. The molecule has 67 heavy (non-hydrogen) atoms. The van der Waals surface area contributed by atoms with Gasteiger partial charge in [0.2, 0.25) is 11.8 Å². The van der Waals surface area contributed by atoms with Crippen molar-refractivity contribution in [1.82, 2.24) is 30.7 Å². The molecule has 0 aliphatic carbocycles. The van der Waals surface area contributed by atoms with E-state index in [0.717, 1.165) is 34.2 Å². The van der Waals surface area contributed by atoms with Crippen molar-refractivity contribution in [3.8, 4) is 11.5 Å². The van der Waals surface area contributed by atoms with Gasteiger partial charge in [0.15, 0.2) is 0 Å². The van der Waals surface area contributed by atoms with Gasteiger partial charge < -0.3 is 49.6 Å². The maximum Gasteiger partial charge on any atom is 0.410 e. The lowest BCUT2D eigenvalue weighted by atomic mass is 10.1. The number of aliphatic hydroxyl groups excluding tert-OH is 1. The molecule has 3 saturated heterocycles. The molecule has 0 saturated carbocycles. The van der Waals surface area contributed by atoms with E-state index in [1.165, 1.54) is 15.2 Å². The van der Waals surface area contributed by atoms with Gasteiger partial charge in [0.1, 0.15) is 54.6 Å². The topological polar surface area (TPSA) is 198 Å². The molecule has 5 amide bonds. The van der Waals surface area contributed by atoms with E-state index in [0.29, 0.717) is 26.2 Å². The van der Waals surface area contributed by atoms with Gasteiger partial charge in [0, 0.05) is 32.7 Å². The lowest BCUT2D eigenvalue weighted by Crippen LogP contribution is -2.58. The molecule has 3 aliphatic heterocycles. The molecule has 3 heterocycles. The van der Waals surface area contributed by atoms with Crippen molar-refractivity contribution < 1.29 is 52.8 Å². The quantitative estimate of drug-likeness (QED) is 0.156. The van der Waals surface area contributed by atoms with Crippen molar-refractivity contribution in [1.29, 1.82) is 0 Å². The first-order chi connectivity index (χ1) is 31.5. The SMILES string of the molecule is CC(C)(C)OC(=O)N1CC(=O)N[C@@H](CO)C1.CC(C)(C)OC(=O)N1CC(=O)N[C@@H](COc2ccc3ccccc3c2)C1.CC(C)(C)OC(=O)N1CCN[C@@H](COc2ccc3ccccc3c2)C1. The average molecular weight is 929 g/mol. The summed E-state index contributed by atoms with van der Waals surface area (Å²) in [7, 11) is 0. The molecule has 0 bridgehead atoms. The summed E-state index contributed by atoms with van der Waals surface area (Å²) in [4.78, 5) is 63.7. The molecule has 0 spiro atoms. The Kier molecular flexibility index (Phi) is 17.7. The molecule has 3 fully saturated rings. The highest BCUT2D eigenvalue weighted by molar-refractivity contribution is 5.86. The Morgan fingerprint density at radius 2 is 0.940 bits per heavy atom. The van der Waals surface area contributed by atoms with Gasteiger partial charge in [0.05, 0.1) is 24.7 Å². The van der Waals surface area contributed by atoms with Crippen LogP contribution in [0.25, 0.3) is 21.5 Å². The number of hydrogen-bond acceptors (Lipinski definition) is 12. The van der Waals surface area contributed by atoms with Gasteiger partial charge in [-0.2, -0.15) is 0 Å². The van der Waals surface area contributed by atoms with Crippen molar-refractivity contribution in [2.24, 2.45) is 0 Å². The van der Waals surface area contributed by atoms with Crippen molar-refractivity contribution in [2.75, 3.05) is 65.6 Å². The molecule has 7 rings (SSSR count). The summed E-state index contributed by atoms with van der Waals surface area (Å²) in [6.07, 6.45) is -1.27. The number of hydrogen-bond donors (Lipinski definition) is 4. The van der Waals surface area contributed by atoms with Crippen LogP contribution in [0.3, 0.4) is 0 Å². The van der Waals surface area contributed by atoms with Gasteiger partial charge in [-0.25, -0.2) is 14.4 Å². The Labute approximate surface area is 393 Å². The van der Waals surface area contributed by atoms with Crippen LogP contribution in [0, 0.1) is 0 Å². The first kappa shape index (κ1) is 51.7. The molecule has 0 unspecified atom stereocenters. The van der Waals surface area contributed by atoms with E-state index in [9.17, 15) is 24.0 Å². The van der Waals surface area contributed by atoms with Gasteiger partial charge in [-0.3, -0.25) is 19.4 Å². The number of rotatable bonds is 7. The van der Waals surface area contributed by atoms with Gasteiger partial charge >= 0.3 is 18.3 Å². The monoisotopic (exact) mass is 928 g/mol. The number of benzene rings is 4. The van der Waals surface area contributed by atoms with E-state index in [2.05, 4.69) is 34.1 Å². The average Bonchev–Trinajstić information content (AvgIpc) is 3.26. The summed E-state index contributed by atoms with van der Waals surface area (Å²) in [6.45, 7) is 19.5. The largest absolute Gasteiger partial charge is 0.492 e. The summed E-state index contributed by atoms with van der Waals surface area (Å²) in [5.74, 6) is 1.08. The van der Waals surface area contributed by atoms with Gasteiger partial charge in [-0.15, -0.1) is 0 Å². The zero-order valence-corrected chi connectivity index (χ0v) is 40.3. The lowest BCUT2D eigenvalue weighted by Gasteiger charge is -2.34. The first-order valence-corrected chi connectivity index (χ1v) is 22.6. The van der Waals surface area contributed by atoms with Crippen LogP contribution < -0.4 is 25.4 Å². The fraction of sp³-hybridized carbons (Fsp3) is 0.500. The van der Waals surface area contributed by atoms with Crippen LogP contribution in [-0.4, -0.2) is 150 Å². The highest BCUT2D eigenvalue weighted by Crippen LogP contribution is 2.23. The van der Waals surface area contributed by atoms with Crippen LogP contribution in [0.15, 0.2) is 84.9 Å². The van der Waals surface area contributed by atoms with Crippen molar-refractivity contribution in [2.45, 2.75) is 97.2 Å². The molecule has 4 aromatic carbocycles. The zero-order valence-electron chi connectivity index (χ0n) is 40.3. The van der Waals surface area contributed by atoms with Crippen LogP contribution in [0.2, 0.25) is 0 Å². The third kappa shape index (κ3) is 17.4. The fourth-order valence-electron chi connectivity index (χ4n) is 7.11. The lowest BCUT2D eigenvalue weighted by molar-refractivity contribution is -0.126. The number of aliphatic hydroxyl groups is 1. The Bertz CT molecular complexity index is 2320. The zero-order chi connectivity index (χ0) is 48.9. The Morgan fingerprint density at radius 3 is 1.39 bits per heavy atom. The molecule has 0 radical (unpaired) electrons. The Balaban J connectivity index is 0.000000194. The molecule has 364 valence electrons. The second kappa shape index (κ2) is 22.9. The summed E-state index contributed by atoms with van der Waals surface area (Å²) < 4.78 is 27.7. The van der Waals surface area contributed by atoms with E-state index in [-0.39, 0.29) is 62.8 Å². The minimum absolute atomic E-state index is 0.00138. The third-order valence-electron chi connectivity index (χ3n) is 10.1. The minimum Gasteiger partial charge on any atom is -0.492 e. The number of nitrogens with one attached hydrogen (secondary N) is 3. The number of nitrogens with zero attached hydrogens (tertiary/aromatic N) is 3. The smallest absolute Gasteiger partial charge is 0.410 e. The van der Waals surface area contributed by atoms with Gasteiger partial charge in [-0.1, -0.05) is 60.7 Å². The molecule has 17 nitrogen and oxygen atoms in total. The van der Waals surface area contributed by atoms with Crippen LogP contribution >= 0.6 is 0 Å². The number of amides is 5. The highest BCUT2D eigenvalue weighted by atomic mass is 16.6. The van der Waals surface area contributed by atoms with E-state index in [1.54, 1.807) is 46.4 Å². The predicted octanol–water partition coefficient (Wildman–Crippen LogP) is 6.10. The third-order valence-corrected chi connectivity index (χ3v) is 10.1. The summed E-state index contributed by atoms with van der Waals surface area (Å²) in [5, 5.41) is 22.4. The van der Waals surface area contributed by atoms with Crippen LogP contribution in [-0.2, 0) is 23.8 Å². The predicted molar refractivity (Wildman–Crippen MR) is 255 cm³/mol. The van der Waals surface area contributed by atoms with E-state index < -0.39 is 35.0 Å². The molecule has 3 atom stereocenters. The molecular formula is C50H68N6O11. The second-order valence-electron chi connectivity index (χ2n) is 19.7. The maximum absolute atomic E-state index is 12.2. The fourth-order valence-corrected chi connectivity index (χ4v) is 7.11. The number of ether oxygens (including phenoxy) is 5. The van der Waals surface area contributed by atoms with Crippen LogP contribution in [0.4, 0.5) is 14.4 Å². The maximum atomic E-state index is 12.2. The summed E-state index contributed by atoms with van der Waals surface area (Å²) in [5.41, 5.74) is -1.65. The molecule has 17 heteroatoms. The number of carbonyl (C=O) groups excluding carboxylic acids is 5. The molecule has 4 aromatic rings. The number of piperazine rings is 3. The van der Waals surface area contributed by atoms with E-state index in [1.807, 2.05) is 87.5 Å². The molecule has 3 aliphatic rings. The van der Waals surface area contributed by atoms with Crippen molar-refractivity contribution >= 4 is 51.6 Å². The Morgan fingerprint density at radius 1 is 0.552 bits per heavy atom. The molecule has 0 aromatic heterocycles. The standard InChI is InChI=1S/C20H24N2O4.C20H26N2O3.C10H18N2O4/c1-20(2,3)26-19(24)22-11-16(21-18(23)12-22)13-25-17-9-8-14-6-4-5-7-15(14)10-17;1-20(2,3)25-19(23)22-11-10-21-17(13-22)14-24-18-9-8-15-6-4-5-7-16(15)12-18;1-10(2,3)16-9(15)12-4-7(6-13)11-8(14)5-12/h4-10,16H,11-13H2,1-3H3,(H,21,23);4-9,12,17,21H,10-11,13-14H2,1-3H3;7,13H,4-6H2,1-3H3,(H,11,14)/t16-;17-;7-/m111/s1. The molecular weight excluding hydrogens is 861 g/mol. The van der Waals surface area contributed by atoms with Crippen molar-refractivity contribution in [3.63, 3.8) is 0 Å². The normalized spacial score (nSPS) is 18.8. The van der Waals surface area contributed by atoms with E-state index >= 15 is 0 Å². The minimum atomic E-state index is -0.595. The van der Waals surface area contributed by atoms with Gasteiger partial charge in [0.25, 0.3) is 0 Å². The van der Waals surface area contributed by atoms with Gasteiger partial charge in [-0.05, 0) is 108 Å². The summed E-state index contributed by atoms with van der Waals surface area (Å²) in [6, 6.07) is 27.6. The molecule has 4 N–H and O–H groups in total.